The molecule has 1 aliphatic heterocycles. The van der Waals surface area contributed by atoms with E-state index in [9.17, 15) is 18.8 Å². The zero-order valence-electron chi connectivity index (χ0n) is 21.9. The molecule has 0 aliphatic carbocycles. The van der Waals surface area contributed by atoms with Crippen molar-refractivity contribution in [3.8, 4) is 11.1 Å². The first-order valence-electron chi connectivity index (χ1n) is 12.7. The number of carbonyl (C=O) groups excluding carboxylic acids is 2. The SMILES string of the molecule is Cc1cc(F)c(NC(=O)Nc2ccccc2)cc1-c1cc2cnc(C3CCN3C(N)=O)cc2n(C(C)C)c1=O. The Balaban J connectivity index is 1.56. The topological polar surface area (TPSA) is 122 Å². The third-order valence-electron chi connectivity index (χ3n) is 6.99. The molecule has 39 heavy (non-hydrogen) atoms. The average Bonchev–Trinajstić information content (AvgIpc) is 2.85. The van der Waals surface area contributed by atoms with Crippen LogP contribution in [0.15, 0.2) is 65.6 Å². The van der Waals surface area contributed by atoms with Crippen LogP contribution in [0.3, 0.4) is 0 Å². The second-order valence-electron chi connectivity index (χ2n) is 9.92. The zero-order chi connectivity index (χ0) is 27.8. The first kappa shape index (κ1) is 25.9. The van der Waals surface area contributed by atoms with Crippen molar-refractivity contribution in [2.24, 2.45) is 5.73 Å². The number of amides is 4. The summed E-state index contributed by atoms with van der Waals surface area (Å²) < 4.78 is 16.5. The van der Waals surface area contributed by atoms with E-state index in [2.05, 4.69) is 15.6 Å². The summed E-state index contributed by atoms with van der Waals surface area (Å²) in [6.07, 6.45) is 2.42. The van der Waals surface area contributed by atoms with Crippen LogP contribution < -0.4 is 21.9 Å². The maximum atomic E-state index is 14.9. The Morgan fingerprint density at radius 1 is 1.08 bits per heavy atom. The molecular weight excluding hydrogens is 499 g/mol. The van der Waals surface area contributed by atoms with Crippen LogP contribution in [-0.4, -0.2) is 33.1 Å². The van der Waals surface area contributed by atoms with Crippen molar-refractivity contribution in [1.82, 2.24) is 14.5 Å². The molecule has 0 bridgehead atoms. The number of rotatable bonds is 5. The first-order chi connectivity index (χ1) is 18.6. The van der Waals surface area contributed by atoms with Gasteiger partial charge < -0.3 is 25.8 Å². The van der Waals surface area contributed by atoms with Gasteiger partial charge in [0.1, 0.15) is 5.82 Å². The van der Waals surface area contributed by atoms with E-state index in [1.54, 1.807) is 52.9 Å². The van der Waals surface area contributed by atoms with Gasteiger partial charge in [-0.1, -0.05) is 18.2 Å². The highest BCUT2D eigenvalue weighted by molar-refractivity contribution is 6.00. The molecule has 9 nitrogen and oxygen atoms in total. The number of hydrogen-bond donors (Lipinski definition) is 3. The van der Waals surface area contributed by atoms with Crippen LogP contribution in [0.25, 0.3) is 22.0 Å². The van der Waals surface area contributed by atoms with Gasteiger partial charge in [0.25, 0.3) is 5.56 Å². The Hall–Kier alpha value is -4.73. The first-order valence-corrected chi connectivity index (χ1v) is 12.7. The monoisotopic (exact) mass is 528 g/mol. The summed E-state index contributed by atoms with van der Waals surface area (Å²) in [6.45, 7) is 6.09. The van der Waals surface area contributed by atoms with E-state index in [4.69, 9.17) is 5.73 Å². The fourth-order valence-corrected chi connectivity index (χ4v) is 4.96. The van der Waals surface area contributed by atoms with Gasteiger partial charge in [-0.05, 0) is 74.7 Å². The maximum Gasteiger partial charge on any atom is 0.323 e. The highest BCUT2D eigenvalue weighted by Crippen LogP contribution is 2.34. The predicted molar refractivity (Wildman–Crippen MR) is 149 cm³/mol. The number of carbonyl (C=O) groups is 2. The largest absolute Gasteiger partial charge is 0.351 e. The van der Waals surface area contributed by atoms with Crippen molar-refractivity contribution < 1.29 is 14.0 Å². The number of nitrogens with two attached hydrogens (primary N) is 1. The fraction of sp³-hybridized carbons (Fsp3) is 0.241. The number of benzene rings is 2. The van der Waals surface area contributed by atoms with E-state index < -0.39 is 17.9 Å². The molecular formula is C29H29FN6O3. The lowest BCUT2D eigenvalue weighted by molar-refractivity contribution is 0.120. The Morgan fingerprint density at radius 2 is 1.82 bits per heavy atom. The number of likely N-dealkylation sites (tertiary alicyclic amines) is 1. The molecule has 200 valence electrons. The number of halogens is 1. The number of hydrogen-bond acceptors (Lipinski definition) is 4. The second kappa shape index (κ2) is 10.2. The molecule has 4 amide bonds. The van der Waals surface area contributed by atoms with Gasteiger partial charge in [-0.2, -0.15) is 0 Å². The Labute approximate surface area is 224 Å². The van der Waals surface area contributed by atoms with Crippen molar-refractivity contribution >= 4 is 34.3 Å². The van der Waals surface area contributed by atoms with Gasteiger partial charge in [-0.3, -0.25) is 9.78 Å². The summed E-state index contributed by atoms with van der Waals surface area (Å²) in [4.78, 5) is 44.2. The number of urea groups is 2. The van der Waals surface area contributed by atoms with Gasteiger partial charge in [-0.15, -0.1) is 0 Å². The van der Waals surface area contributed by atoms with E-state index in [1.165, 1.54) is 12.1 Å². The molecule has 0 radical (unpaired) electrons. The van der Waals surface area contributed by atoms with E-state index >= 15 is 0 Å². The number of anilines is 2. The van der Waals surface area contributed by atoms with Gasteiger partial charge in [0.2, 0.25) is 0 Å². The third kappa shape index (κ3) is 4.93. The molecule has 2 aromatic carbocycles. The minimum Gasteiger partial charge on any atom is -0.351 e. The molecule has 0 saturated carbocycles. The van der Waals surface area contributed by atoms with Gasteiger partial charge in [0.05, 0.1) is 22.9 Å². The predicted octanol–water partition coefficient (Wildman–Crippen LogP) is 5.56. The lowest BCUT2D eigenvalue weighted by Crippen LogP contribution is -2.48. The van der Waals surface area contributed by atoms with E-state index in [1.807, 2.05) is 26.0 Å². The van der Waals surface area contributed by atoms with E-state index in [0.717, 1.165) is 6.42 Å². The summed E-state index contributed by atoms with van der Waals surface area (Å²) in [5, 5.41) is 5.92. The van der Waals surface area contributed by atoms with Gasteiger partial charge in [-0.25, -0.2) is 14.0 Å². The van der Waals surface area contributed by atoms with Crippen LogP contribution >= 0.6 is 0 Å². The number of aryl methyl sites for hydroxylation is 1. The molecule has 1 atom stereocenters. The zero-order valence-corrected chi connectivity index (χ0v) is 21.9. The Bertz CT molecular complexity index is 1650. The lowest BCUT2D eigenvalue weighted by atomic mass is 9.97. The highest BCUT2D eigenvalue weighted by atomic mass is 19.1. The van der Waals surface area contributed by atoms with Crippen molar-refractivity contribution in [3.63, 3.8) is 0 Å². The summed E-state index contributed by atoms with van der Waals surface area (Å²) in [7, 11) is 0. The number of para-hydroxylation sites is 1. The molecule has 4 aromatic rings. The molecule has 5 rings (SSSR count). The molecule has 1 saturated heterocycles. The summed E-state index contributed by atoms with van der Waals surface area (Å²) >= 11 is 0. The molecule has 4 N–H and O–H groups in total. The minimum absolute atomic E-state index is 0.0513. The molecule has 1 unspecified atom stereocenters. The minimum atomic E-state index is -0.616. The van der Waals surface area contributed by atoms with Gasteiger partial charge >= 0.3 is 12.1 Å². The molecule has 3 heterocycles. The number of nitrogens with one attached hydrogen (secondary N) is 2. The number of aromatic nitrogens is 2. The molecule has 0 spiro atoms. The van der Waals surface area contributed by atoms with Gasteiger partial charge in [0, 0.05) is 35.4 Å². The number of fused-ring (bicyclic) bond motifs is 1. The van der Waals surface area contributed by atoms with Crippen LogP contribution in [-0.2, 0) is 0 Å². The maximum absolute atomic E-state index is 14.9. The lowest BCUT2D eigenvalue weighted by Gasteiger charge is -2.39. The Kier molecular flexibility index (Phi) is 6.78. The number of nitrogens with zero attached hydrogens (tertiary/aromatic N) is 3. The van der Waals surface area contributed by atoms with Gasteiger partial charge in [0.15, 0.2) is 0 Å². The summed E-state index contributed by atoms with van der Waals surface area (Å²) in [5.74, 6) is -0.616. The summed E-state index contributed by atoms with van der Waals surface area (Å²) in [6, 6.07) is 13.6. The quantitative estimate of drug-likeness (QED) is 0.314. The van der Waals surface area contributed by atoms with Crippen LogP contribution in [0, 0.1) is 12.7 Å². The number of primary amides is 1. The molecule has 1 fully saturated rings. The van der Waals surface area contributed by atoms with Crippen molar-refractivity contribution in [2.45, 2.75) is 39.3 Å². The highest BCUT2D eigenvalue weighted by Gasteiger charge is 2.33. The molecule has 10 heteroatoms. The van der Waals surface area contributed by atoms with Crippen molar-refractivity contribution in [2.75, 3.05) is 17.2 Å². The second-order valence-corrected chi connectivity index (χ2v) is 9.92. The van der Waals surface area contributed by atoms with E-state index in [0.29, 0.717) is 45.5 Å². The number of pyridine rings is 2. The van der Waals surface area contributed by atoms with Crippen molar-refractivity contribution in [3.05, 3.63) is 88.2 Å². The summed E-state index contributed by atoms with van der Waals surface area (Å²) in [5.41, 5.74) is 8.48. The van der Waals surface area contributed by atoms with E-state index in [-0.39, 0.29) is 23.3 Å². The molecule has 2 aromatic heterocycles. The van der Waals surface area contributed by atoms with Crippen LogP contribution in [0.2, 0.25) is 0 Å². The fourth-order valence-electron chi connectivity index (χ4n) is 4.96. The van der Waals surface area contributed by atoms with Crippen molar-refractivity contribution in [1.29, 1.82) is 0 Å². The Morgan fingerprint density at radius 3 is 2.46 bits per heavy atom. The average molecular weight is 529 g/mol. The normalized spacial score (nSPS) is 14.8. The molecule has 1 aliphatic rings. The van der Waals surface area contributed by atoms with Crippen LogP contribution in [0.1, 0.15) is 43.6 Å². The smallest absolute Gasteiger partial charge is 0.323 e. The third-order valence-corrected chi connectivity index (χ3v) is 6.99. The standard InChI is InChI=1S/C29H29FN6O3/c1-16(2)36-26-14-24(25-9-10-35(25)28(31)38)32-15-18(26)12-21(27(36)37)20-13-23(22(30)11-17(20)3)34-29(39)33-19-7-5-4-6-8-19/h4-8,11-16,25H,9-10H2,1-3H3,(H2,31,38)(H2,33,34,39). The van der Waals surface area contributed by atoms with Crippen LogP contribution in [0.5, 0.6) is 0 Å². The van der Waals surface area contributed by atoms with Crippen LogP contribution in [0.4, 0.5) is 25.4 Å².